The smallest absolute Gasteiger partial charge is 0.415 e. The van der Waals surface area contributed by atoms with Crippen LogP contribution >= 0.6 is 0 Å². The van der Waals surface area contributed by atoms with Gasteiger partial charge in [-0.1, -0.05) is 19.3 Å². The molecule has 0 spiro atoms. The van der Waals surface area contributed by atoms with Crippen LogP contribution in [0.1, 0.15) is 39.0 Å². The molecule has 3 heterocycles. The van der Waals surface area contributed by atoms with E-state index in [4.69, 9.17) is 4.74 Å². The van der Waals surface area contributed by atoms with Gasteiger partial charge in [0.15, 0.2) is 0 Å². The van der Waals surface area contributed by atoms with Crippen molar-refractivity contribution in [1.82, 2.24) is 24.7 Å². The Morgan fingerprint density at radius 1 is 1.32 bits per heavy atom. The number of carbonyl (C=O) groups is 1. The van der Waals surface area contributed by atoms with Crippen molar-refractivity contribution in [2.45, 2.75) is 57.2 Å². The third-order valence-electron chi connectivity index (χ3n) is 5.91. The first-order valence-electron chi connectivity index (χ1n) is 10.1. The molecule has 10 heteroatoms. The predicted octanol–water partition coefficient (Wildman–Crippen LogP) is 1.60. The van der Waals surface area contributed by atoms with Crippen LogP contribution in [0, 0.1) is 10.1 Å². The zero-order valence-electron chi connectivity index (χ0n) is 16.3. The second kappa shape index (κ2) is 7.57. The average molecular weight is 392 g/mol. The standard InChI is InChI=1S/C18H28N6O4/c1-18(13-23-11-15(24(26)27)20-17(23)28-18)12-21-7-9-22(10-8-21)16(25)19-14-5-3-2-4-6-14/h11,14H,2-10,12-13H2,1H3,(H,19,25). The summed E-state index contributed by atoms with van der Waals surface area (Å²) < 4.78 is 7.62. The number of nitrogens with one attached hydrogen (secondary N) is 1. The number of rotatable bonds is 4. The van der Waals surface area contributed by atoms with E-state index in [1.807, 2.05) is 11.8 Å². The summed E-state index contributed by atoms with van der Waals surface area (Å²) >= 11 is 0. The highest BCUT2D eigenvalue weighted by molar-refractivity contribution is 5.74. The second-order valence-electron chi connectivity index (χ2n) is 8.37. The SMILES string of the molecule is CC1(CN2CCN(C(=O)NC3CCCCC3)CC2)Cn2cc([N+](=O)[O-])nc2O1. The zero-order chi connectivity index (χ0) is 19.7. The van der Waals surface area contributed by atoms with Crippen molar-refractivity contribution >= 4 is 11.8 Å². The summed E-state index contributed by atoms with van der Waals surface area (Å²) in [6.07, 6.45) is 7.30. The Bertz CT molecular complexity index is 713. The minimum Gasteiger partial charge on any atom is -0.436 e. The zero-order valence-corrected chi connectivity index (χ0v) is 16.3. The molecule has 0 aromatic carbocycles. The maximum Gasteiger partial charge on any atom is 0.415 e. The molecule has 4 rings (SSSR count). The molecule has 2 aliphatic heterocycles. The van der Waals surface area contributed by atoms with Gasteiger partial charge in [0.25, 0.3) is 0 Å². The molecular formula is C18H28N6O4. The number of piperazine rings is 1. The first kappa shape index (κ1) is 19.0. The summed E-state index contributed by atoms with van der Waals surface area (Å²) in [7, 11) is 0. The highest BCUT2D eigenvalue weighted by Gasteiger charge is 2.42. The number of urea groups is 1. The van der Waals surface area contributed by atoms with E-state index in [0.717, 1.165) is 25.9 Å². The topological polar surface area (TPSA) is 106 Å². The third-order valence-corrected chi connectivity index (χ3v) is 5.91. The van der Waals surface area contributed by atoms with Crippen LogP contribution in [0.3, 0.4) is 0 Å². The number of imidazole rings is 1. The third kappa shape index (κ3) is 4.06. The second-order valence-corrected chi connectivity index (χ2v) is 8.37. The lowest BCUT2D eigenvalue weighted by Crippen LogP contribution is -2.56. The maximum atomic E-state index is 12.5. The molecule has 28 heavy (non-hydrogen) atoms. The van der Waals surface area contributed by atoms with Crippen molar-refractivity contribution in [3.05, 3.63) is 16.3 Å². The Morgan fingerprint density at radius 3 is 2.68 bits per heavy atom. The lowest BCUT2D eigenvalue weighted by molar-refractivity contribution is -0.389. The lowest BCUT2D eigenvalue weighted by atomic mass is 9.96. The Labute approximate surface area is 164 Å². The summed E-state index contributed by atoms with van der Waals surface area (Å²) in [5.41, 5.74) is -0.468. The summed E-state index contributed by atoms with van der Waals surface area (Å²) in [5, 5.41) is 14.0. The molecular weight excluding hydrogens is 364 g/mol. The van der Waals surface area contributed by atoms with Gasteiger partial charge in [-0.25, -0.2) is 4.79 Å². The van der Waals surface area contributed by atoms with E-state index in [0.29, 0.717) is 38.2 Å². The highest BCUT2D eigenvalue weighted by atomic mass is 16.6. The van der Waals surface area contributed by atoms with Gasteiger partial charge in [0, 0.05) is 43.7 Å². The Morgan fingerprint density at radius 2 is 2.04 bits per heavy atom. The molecule has 10 nitrogen and oxygen atoms in total. The largest absolute Gasteiger partial charge is 0.436 e. The molecule has 1 atom stereocenters. The van der Waals surface area contributed by atoms with Crippen molar-refractivity contribution in [2.75, 3.05) is 32.7 Å². The fourth-order valence-corrected chi connectivity index (χ4v) is 4.46. The Balaban J connectivity index is 1.24. The molecule has 2 amide bonds. The molecule has 1 N–H and O–H groups in total. The van der Waals surface area contributed by atoms with Crippen molar-refractivity contribution in [1.29, 1.82) is 0 Å². The molecule has 3 aliphatic rings. The van der Waals surface area contributed by atoms with Crippen LogP contribution in [-0.4, -0.2) is 74.7 Å². The van der Waals surface area contributed by atoms with Crippen LogP contribution in [0.25, 0.3) is 0 Å². The first-order valence-corrected chi connectivity index (χ1v) is 10.1. The number of amides is 2. The van der Waals surface area contributed by atoms with Crippen molar-refractivity contribution in [3.63, 3.8) is 0 Å². The monoisotopic (exact) mass is 392 g/mol. The number of hydrogen-bond donors (Lipinski definition) is 1. The van der Waals surface area contributed by atoms with Crippen LogP contribution in [0.4, 0.5) is 10.6 Å². The minimum atomic E-state index is -0.510. The van der Waals surface area contributed by atoms with E-state index >= 15 is 0 Å². The fraction of sp³-hybridized carbons (Fsp3) is 0.778. The average Bonchev–Trinajstić information content (AvgIpc) is 3.18. The molecule has 2 fully saturated rings. The van der Waals surface area contributed by atoms with Crippen LogP contribution in [0.5, 0.6) is 6.01 Å². The van der Waals surface area contributed by atoms with E-state index in [-0.39, 0.29) is 11.8 Å². The highest BCUT2D eigenvalue weighted by Crippen LogP contribution is 2.31. The summed E-state index contributed by atoms with van der Waals surface area (Å²) in [5.74, 6) is -0.186. The van der Waals surface area contributed by atoms with Gasteiger partial charge < -0.3 is 25.1 Å². The quantitative estimate of drug-likeness (QED) is 0.616. The summed E-state index contributed by atoms with van der Waals surface area (Å²) in [6, 6.07) is 0.693. The molecule has 0 radical (unpaired) electrons. The number of nitro groups is 1. The number of aromatic nitrogens is 2. The summed E-state index contributed by atoms with van der Waals surface area (Å²) in [6.45, 7) is 6.21. The molecule has 1 aliphatic carbocycles. The molecule has 154 valence electrons. The van der Waals surface area contributed by atoms with Crippen molar-refractivity contribution < 1.29 is 14.5 Å². The molecule has 1 saturated heterocycles. The van der Waals surface area contributed by atoms with E-state index < -0.39 is 10.5 Å². The number of carbonyl (C=O) groups excluding carboxylic acids is 1. The van der Waals surface area contributed by atoms with Gasteiger partial charge in [0.05, 0.1) is 6.54 Å². The number of hydrogen-bond acceptors (Lipinski definition) is 6. The molecule has 0 bridgehead atoms. The Kier molecular flexibility index (Phi) is 5.13. The van der Waals surface area contributed by atoms with E-state index in [1.54, 1.807) is 4.57 Å². The number of ether oxygens (including phenoxy) is 1. The number of fused-ring (bicyclic) bond motifs is 1. The predicted molar refractivity (Wildman–Crippen MR) is 101 cm³/mol. The maximum absolute atomic E-state index is 12.5. The lowest BCUT2D eigenvalue weighted by Gasteiger charge is -2.38. The van der Waals surface area contributed by atoms with Gasteiger partial charge in [-0.2, -0.15) is 0 Å². The van der Waals surface area contributed by atoms with E-state index in [9.17, 15) is 14.9 Å². The van der Waals surface area contributed by atoms with Crippen LogP contribution in [0.15, 0.2) is 6.20 Å². The van der Waals surface area contributed by atoms with Gasteiger partial charge in [0.2, 0.25) is 0 Å². The molecule has 1 aromatic rings. The van der Waals surface area contributed by atoms with Crippen molar-refractivity contribution in [3.8, 4) is 6.01 Å². The van der Waals surface area contributed by atoms with Gasteiger partial charge in [0.1, 0.15) is 11.8 Å². The molecule has 1 aromatic heterocycles. The van der Waals surface area contributed by atoms with Gasteiger partial charge in [-0.3, -0.25) is 9.47 Å². The molecule has 1 saturated carbocycles. The van der Waals surface area contributed by atoms with Crippen LogP contribution in [-0.2, 0) is 6.54 Å². The van der Waals surface area contributed by atoms with Gasteiger partial charge >= 0.3 is 17.9 Å². The van der Waals surface area contributed by atoms with Gasteiger partial charge in [-0.05, 0) is 24.7 Å². The van der Waals surface area contributed by atoms with Crippen LogP contribution < -0.4 is 10.1 Å². The normalized spacial score (nSPS) is 26.0. The van der Waals surface area contributed by atoms with E-state index in [1.165, 1.54) is 25.5 Å². The van der Waals surface area contributed by atoms with Gasteiger partial charge in [-0.15, -0.1) is 0 Å². The number of nitrogens with zero attached hydrogens (tertiary/aromatic N) is 5. The van der Waals surface area contributed by atoms with Crippen molar-refractivity contribution in [2.24, 2.45) is 0 Å². The first-order chi connectivity index (χ1) is 13.4. The van der Waals surface area contributed by atoms with Crippen LogP contribution in [0.2, 0.25) is 0 Å². The van der Waals surface area contributed by atoms with E-state index in [2.05, 4.69) is 15.2 Å². The summed E-state index contributed by atoms with van der Waals surface area (Å²) in [4.78, 5) is 30.9. The Hall–Kier alpha value is -2.36. The molecule has 1 unspecified atom stereocenters. The fourth-order valence-electron chi connectivity index (χ4n) is 4.46. The minimum absolute atomic E-state index is 0.0577.